The van der Waals surface area contributed by atoms with Gasteiger partial charge in [-0.1, -0.05) is 13.8 Å². The van der Waals surface area contributed by atoms with Crippen LogP contribution in [0.3, 0.4) is 0 Å². The van der Waals surface area contributed by atoms with Crippen molar-refractivity contribution >= 4 is 5.97 Å². The van der Waals surface area contributed by atoms with Gasteiger partial charge in [0.25, 0.3) is 0 Å². The van der Waals surface area contributed by atoms with Crippen LogP contribution < -0.4 is 0 Å². The first kappa shape index (κ1) is 14.1. The number of aromatic amines is 1. The van der Waals surface area contributed by atoms with Gasteiger partial charge in [-0.05, 0) is 25.9 Å². The van der Waals surface area contributed by atoms with Gasteiger partial charge >= 0.3 is 5.97 Å². The summed E-state index contributed by atoms with van der Waals surface area (Å²) in [5, 5.41) is 0. The molecule has 5 nitrogen and oxygen atoms in total. The highest BCUT2D eigenvalue weighted by Gasteiger charge is 2.29. The maximum Gasteiger partial charge on any atom is 0.316 e. The second kappa shape index (κ2) is 5.74. The third-order valence-electron chi connectivity index (χ3n) is 3.86. The third-order valence-corrected chi connectivity index (χ3v) is 3.86. The van der Waals surface area contributed by atoms with Crippen molar-refractivity contribution in [2.24, 2.45) is 5.92 Å². The second-order valence-corrected chi connectivity index (χ2v) is 5.72. The first-order chi connectivity index (χ1) is 9.02. The predicted octanol–water partition coefficient (Wildman–Crippen LogP) is 1.74. The van der Waals surface area contributed by atoms with Crippen molar-refractivity contribution in [2.75, 3.05) is 27.2 Å². The number of imidazole rings is 1. The quantitative estimate of drug-likeness (QED) is 0.843. The van der Waals surface area contributed by atoms with Crippen LogP contribution in [0.1, 0.15) is 43.6 Å². The highest BCUT2D eigenvalue weighted by molar-refractivity contribution is 5.77. The number of aromatic nitrogens is 2. The lowest BCUT2D eigenvalue weighted by molar-refractivity contribution is -0.143. The molecule has 19 heavy (non-hydrogen) atoms. The Morgan fingerprint density at radius 2 is 2.32 bits per heavy atom. The van der Waals surface area contributed by atoms with Crippen LogP contribution in [-0.4, -0.2) is 48.1 Å². The molecule has 2 rings (SSSR count). The number of ether oxygens (including phenoxy) is 1. The van der Waals surface area contributed by atoms with Gasteiger partial charge in [0.1, 0.15) is 11.7 Å². The number of hydrogen-bond donors (Lipinski definition) is 1. The monoisotopic (exact) mass is 265 g/mol. The van der Waals surface area contributed by atoms with Gasteiger partial charge in [0, 0.05) is 24.4 Å². The molecular formula is C14H23N3O2. The van der Waals surface area contributed by atoms with Gasteiger partial charge in [0.05, 0.1) is 7.11 Å². The van der Waals surface area contributed by atoms with Crippen LogP contribution >= 0.6 is 0 Å². The van der Waals surface area contributed by atoms with E-state index in [0.29, 0.717) is 5.92 Å². The SMILES string of the molecule is COC(=O)C(c1ncc(C2CCN(C)C2)[nH]1)C(C)C. The molecular weight excluding hydrogens is 242 g/mol. The van der Waals surface area contributed by atoms with Gasteiger partial charge in [-0.2, -0.15) is 0 Å². The highest BCUT2D eigenvalue weighted by Crippen LogP contribution is 2.28. The lowest BCUT2D eigenvalue weighted by Gasteiger charge is -2.16. The van der Waals surface area contributed by atoms with Gasteiger partial charge in [0.15, 0.2) is 0 Å². The number of nitrogens with one attached hydrogen (secondary N) is 1. The van der Waals surface area contributed by atoms with Crippen LogP contribution in [0.2, 0.25) is 0 Å². The molecule has 0 saturated carbocycles. The van der Waals surface area contributed by atoms with Gasteiger partial charge in [-0.15, -0.1) is 0 Å². The summed E-state index contributed by atoms with van der Waals surface area (Å²) in [6.07, 6.45) is 3.01. The van der Waals surface area contributed by atoms with Crippen LogP contribution in [0.5, 0.6) is 0 Å². The number of hydrogen-bond acceptors (Lipinski definition) is 4. The molecule has 0 spiro atoms. The highest BCUT2D eigenvalue weighted by atomic mass is 16.5. The molecule has 0 aliphatic carbocycles. The number of rotatable bonds is 4. The first-order valence-corrected chi connectivity index (χ1v) is 6.84. The summed E-state index contributed by atoms with van der Waals surface area (Å²) in [6.45, 7) is 6.18. The van der Waals surface area contributed by atoms with Crippen LogP contribution in [0.25, 0.3) is 0 Å². The third kappa shape index (κ3) is 2.97. The van der Waals surface area contributed by atoms with E-state index in [-0.39, 0.29) is 17.8 Å². The Hall–Kier alpha value is -1.36. The minimum Gasteiger partial charge on any atom is -0.468 e. The summed E-state index contributed by atoms with van der Waals surface area (Å²) in [4.78, 5) is 21.9. The number of H-pyrrole nitrogens is 1. The Labute approximate surface area is 114 Å². The fourth-order valence-corrected chi connectivity index (χ4v) is 2.73. The number of likely N-dealkylation sites (tertiary alicyclic amines) is 1. The van der Waals surface area contributed by atoms with E-state index in [1.54, 1.807) is 0 Å². The largest absolute Gasteiger partial charge is 0.468 e. The van der Waals surface area contributed by atoms with E-state index >= 15 is 0 Å². The smallest absolute Gasteiger partial charge is 0.316 e. The molecule has 0 bridgehead atoms. The minimum atomic E-state index is -0.308. The minimum absolute atomic E-state index is 0.165. The standard InChI is InChI=1S/C14H23N3O2/c1-9(2)12(14(18)19-4)13-15-7-11(16-13)10-5-6-17(3)8-10/h7,9-10,12H,5-6,8H2,1-4H3,(H,15,16). The summed E-state index contributed by atoms with van der Waals surface area (Å²) in [5.74, 6) is 0.859. The molecule has 0 radical (unpaired) electrons. The molecule has 2 atom stereocenters. The van der Waals surface area contributed by atoms with E-state index < -0.39 is 0 Å². The zero-order valence-corrected chi connectivity index (χ0v) is 12.1. The summed E-state index contributed by atoms with van der Waals surface area (Å²) in [6, 6.07) is 0. The van der Waals surface area contributed by atoms with Crippen molar-refractivity contribution in [2.45, 2.75) is 32.1 Å². The van der Waals surface area contributed by atoms with Crippen LogP contribution in [0.15, 0.2) is 6.20 Å². The maximum atomic E-state index is 11.8. The van der Waals surface area contributed by atoms with E-state index in [4.69, 9.17) is 4.74 Å². The number of methoxy groups -OCH3 is 1. The van der Waals surface area contributed by atoms with Crippen molar-refractivity contribution in [1.29, 1.82) is 0 Å². The molecule has 1 aromatic rings. The number of carbonyl (C=O) groups is 1. The summed E-state index contributed by atoms with van der Waals surface area (Å²) < 4.78 is 4.87. The van der Waals surface area contributed by atoms with Crippen LogP contribution in [-0.2, 0) is 9.53 Å². The Morgan fingerprint density at radius 3 is 2.84 bits per heavy atom. The molecule has 2 unspecified atom stereocenters. The molecule has 1 aromatic heterocycles. The molecule has 1 N–H and O–H groups in total. The molecule has 0 aromatic carbocycles. The molecule has 5 heteroatoms. The van der Waals surface area contributed by atoms with Crippen molar-refractivity contribution < 1.29 is 9.53 Å². The number of nitrogens with zero attached hydrogens (tertiary/aromatic N) is 2. The molecule has 0 amide bonds. The number of esters is 1. The summed E-state index contributed by atoms with van der Waals surface area (Å²) >= 11 is 0. The second-order valence-electron chi connectivity index (χ2n) is 5.72. The Balaban J connectivity index is 2.17. The van der Waals surface area contributed by atoms with E-state index in [2.05, 4.69) is 21.9 Å². The Bertz CT molecular complexity index is 442. The van der Waals surface area contributed by atoms with Gasteiger partial charge < -0.3 is 14.6 Å². The van der Waals surface area contributed by atoms with E-state index in [1.165, 1.54) is 7.11 Å². The fraction of sp³-hybridized carbons (Fsp3) is 0.714. The zero-order valence-electron chi connectivity index (χ0n) is 12.1. The lowest BCUT2D eigenvalue weighted by Crippen LogP contribution is -2.21. The van der Waals surface area contributed by atoms with Crippen molar-refractivity contribution in [3.05, 3.63) is 17.7 Å². The van der Waals surface area contributed by atoms with Crippen molar-refractivity contribution in [3.8, 4) is 0 Å². The van der Waals surface area contributed by atoms with E-state index in [0.717, 1.165) is 31.0 Å². The fourth-order valence-electron chi connectivity index (χ4n) is 2.73. The summed E-state index contributed by atoms with van der Waals surface area (Å²) in [7, 11) is 3.55. The van der Waals surface area contributed by atoms with Gasteiger partial charge in [-0.25, -0.2) is 4.98 Å². The number of carbonyl (C=O) groups excluding carboxylic acids is 1. The molecule has 1 aliphatic rings. The normalized spacial score (nSPS) is 21.8. The van der Waals surface area contributed by atoms with Gasteiger partial charge in [0.2, 0.25) is 0 Å². The average molecular weight is 265 g/mol. The zero-order chi connectivity index (χ0) is 14.0. The Morgan fingerprint density at radius 1 is 1.58 bits per heavy atom. The molecule has 1 fully saturated rings. The predicted molar refractivity (Wildman–Crippen MR) is 73.0 cm³/mol. The maximum absolute atomic E-state index is 11.8. The lowest BCUT2D eigenvalue weighted by atomic mass is 9.95. The van der Waals surface area contributed by atoms with Crippen molar-refractivity contribution in [1.82, 2.24) is 14.9 Å². The number of likely N-dealkylation sites (N-methyl/N-ethyl adjacent to an activating group) is 1. The first-order valence-electron chi connectivity index (χ1n) is 6.84. The van der Waals surface area contributed by atoms with E-state index in [1.807, 2.05) is 20.0 Å². The van der Waals surface area contributed by atoms with Gasteiger partial charge in [-0.3, -0.25) is 4.79 Å². The van der Waals surface area contributed by atoms with Crippen LogP contribution in [0, 0.1) is 5.92 Å². The molecule has 1 aliphatic heterocycles. The topological polar surface area (TPSA) is 58.2 Å². The molecule has 1 saturated heterocycles. The van der Waals surface area contributed by atoms with Crippen LogP contribution in [0.4, 0.5) is 0 Å². The average Bonchev–Trinajstić information content (AvgIpc) is 2.97. The summed E-state index contributed by atoms with van der Waals surface area (Å²) in [5.41, 5.74) is 1.13. The molecule has 106 valence electrons. The van der Waals surface area contributed by atoms with Crippen molar-refractivity contribution in [3.63, 3.8) is 0 Å². The Kier molecular flexibility index (Phi) is 4.24. The molecule has 2 heterocycles. The van der Waals surface area contributed by atoms with E-state index in [9.17, 15) is 4.79 Å².